The van der Waals surface area contributed by atoms with Gasteiger partial charge >= 0.3 is 0 Å². The van der Waals surface area contributed by atoms with Gasteiger partial charge in [0.15, 0.2) is 0 Å². The fourth-order valence-electron chi connectivity index (χ4n) is 5.24. The highest BCUT2D eigenvalue weighted by molar-refractivity contribution is 7.89. The van der Waals surface area contributed by atoms with Crippen LogP contribution in [0.3, 0.4) is 0 Å². The lowest BCUT2D eigenvalue weighted by Gasteiger charge is -2.28. The fraction of sp³-hybridized carbons (Fsp3) is 0.500. The van der Waals surface area contributed by atoms with Gasteiger partial charge in [-0.2, -0.15) is 9.40 Å². The van der Waals surface area contributed by atoms with Crippen molar-refractivity contribution in [3.63, 3.8) is 0 Å². The van der Waals surface area contributed by atoms with E-state index in [1.165, 1.54) is 4.31 Å². The second-order valence-electron chi connectivity index (χ2n) is 8.64. The number of benzene rings is 1. The lowest BCUT2D eigenvalue weighted by atomic mass is 10.1. The lowest BCUT2D eigenvalue weighted by molar-refractivity contribution is 0.352. The van der Waals surface area contributed by atoms with Crippen molar-refractivity contribution in [1.82, 2.24) is 24.1 Å². The summed E-state index contributed by atoms with van der Waals surface area (Å²) in [6.45, 7) is 3.83. The van der Waals surface area contributed by atoms with Crippen LogP contribution in [0.5, 0.6) is 0 Å². The number of aryl methyl sites for hydroxylation is 2. The van der Waals surface area contributed by atoms with Gasteiger partial charge in [0, 0.05) is 12.6 Å². The molecule has 9 heteroatoms. The maximum Gasteiger partial charge on any atom is 0.261 e. The number of sulfonamides is 1. The molecule has 1 N–H and O–H groups in total. The average Bonchev–Trinajstić information content (AvgIpc) is 3.49. The summed E-state index contributed by atoms with van der Waals surface area (Å²) in [7, 11) is -3.78. The van der Waals surface area contributed by atoms with Gasteiger partial charge in [0.1, 0.15) is 10.7 Å². The first-order valence-electron chi connectivity index (χ1n) is 10.9. The van der Waals surface area contributed by atoms with E-state index in [0.717, 1.165) is 32.1 Å². The fourth-order valence-corrected chi connectivity index (χ4v) is 7.23. The number of rotatable bonds is 4. The molecule has 3 heterocycles. The molecule has 1 unspecified atom stereocenters. The molecule has 1 saturated carbocycles. The number of hydrogen-bond donors (Lipinski definition) is 1. The Kier molecular flexibility index (Phi) is 4.97. The smallest absolute Gasteiger partial charge is 0.261 e. The molecule has 0 bridgehead atoms. The zero-order chi connectivity index (χ0) is 21.8. The van der Waals surface area contributed by atoms with Gasteiger partial charge in [-0.15, -0.1) is 0 Å². The number of aromatic amines is 1. The van der Waals surface area contributed by atoms with Gasteiger partial charge in [0.05, 0.1) is 28.3 Å². The van der Waals surface area contributed by atoms with E-state index in [0.29, 0.717) is 41.1 Å². The second-order valence-corrected chi connectivity index (χ2v) is 10.5. The van der Waals surface area contributed by atoms with E-state index >= 15 is 0 Å². The Balaban J connectivity index is 1.69. The Morgan fingerprint density at radius 1 is 1.06 bits per heavy atom. The monoisotopic (exact) mass is 441 g/mol. The van der Waals surface area contributed by atoms with E-state index in [1.54, 1.807) is 19.9 Å². The highest BCUT2D eigenvalue weighted by Crippen LogP contribution is 2.39. The van der Waals surface area contributed by atoms with Crippen molar-refractivity contribution in [3.8, 4) is 0 Å². The Morgan fingerprint density at radius 3 is 2.52 bits per heavy atom. The van der Waals surface area contributed by atoms with E-state index in [1.807, 2.05) is 22.8 Å². The van der Waals surface area contributed by atoms with Crippen molar-refractivity contribution in [1.29, 1.82) is 0 Å². The van der Waals surface area contributed by atoms with Crippen LogP contribution in [0, 0.1) is 13.8 Å². The lowest BCUT2D eigenvalue weighted by Crippen LogP contribution is -2.37. The third-order valence-corrected chi connectivity index (χ3v) is 8.83. The number of aromatic nitrogens is 4. The van der Waals surface area contributed by atoms with E-state index in [4.69, 9.17) is 4.98 Å². The largest absolute Gasteiger partial charge is 0.292 e. The van der Waals surface area contributed by atoms with Crippen molar-refractivity contribution >= 4 is 20.9 Å². The minimum atomic E-state index is -3.78. The summed E-state index contributed by atoms with van der Waals surface area (Å²) in [5, 5.41) is 7.46. The highest BCUT2D eigenvalue weighted by atomic mass is 32.2. The van der Waals surface area contributed by atoms with E-state index in [9.17, 15) is 13.2 Å². The van der Waals surface area contributed by atoms with Gasteiger partial charge in [0.2, 0.25) is 10.0 Å². The van der Waals surface area contributed by atoms with Crippen LogP contribution in [0.2, 0.25) is 0 Å². The summed E-state index contributed by atoms with van der Waals surface area (Å²) < 4.78 is 30.6. The minimum absolute atomic E-state index is 0.0626. The molecule has 2 fully saturated rings. The minimum Gasteiger partial charge on any atom is -0.292 e. The molecule has 3 aromatic rings. The standard InChI is InChI=1S/C22H27N5O3S/c1-14-20(15(2)25-24-14)31(29,30)26-13-7-12-19(26)21-23-18-11-6-5-10-17(18)22(28)27(21)16-8-3-4-9-16/h5-6,10-11,16,19H,3-4,7-9,12-13H2,1-2H3,(H,24,25). The van der Waals surface area contributed by atoms with Crippen molar-refractivity contribution in [2.75, 3.05) is 6.54 Å². The third kappa shape index (κ3) is 3.22. The molecule has 31 heavy (non-hydrogen) atoms. The molecule has 2 aromatic heterocycles. The van der Waals surface area contributed by atoms with Crippen molar-refractivity contribution < 1.29 is 8.42 Å². The summed E-state index contributed by atoms with van der Waals surface area (Å²) >= 11 is 0. The summed E-state index contributed by atoms with van der Waals surface area (Å²) in [6.07, 6.45) is 5.37. The zero-order valence-corrected chi connectivity index (χ0v) is 18.7. The first kappa shape index (κ1) is 20.4. The van der Waals surface area contributed by atoms with Crippen molar-refractivity contribution in [3.05, 3.63) is 51.8 Å². The normalized spacial score (nSPS) is 20.8. The van der Waals surface area contributed by atoms with Crippen LogP contribution >= 0.6 is 0 Å². The quantitative estimate of drug-likeness (QED) is 0.669. The number of fused-ring (bicyclic) bond motifs is 1. The molecule has 164 valence electrons. The Morgan fingerprint density at radius 2 is 1.81 bits per heavy atom. The molecule has 0 spiro atoms. The van der Waals surface area contributed by atoms with Gasteiger partial charge in [-0.1, -0.05) is 25.0 Å². The van der Waals surface area contributed by atoms with E-state index in [2.05, 4.69) is 10.2 Å². The van der Waals surface area contributed by atoms with Crippen LogP contribution in [-0.2, 0) is 10.0 Å². The second kappa shape index (κ2) is 7.56. The molecular formula is C22H27N5O3S. The summed E-state index contributed by atoms with van der Waals surface area (Å²) in [5.74, 6) is 0.579. The molecule has 1 atom stereocenters. The molecule has 8 nitrogen and oxygen atoms in total. The SMILES string of the molecule is Cc1n[nH]c(C)c1S(=O)(=O)N1CCCC1c1nc2ccccc2c(=O)n1C1CCCC1. The molecule has 1 aromatic carbocycles. The zero-order valence-electron chi connectivity index (χ0n) is 17.8. The van der Waals surface area contributed by atoms with Gasteiger partial charge < -0.3 is 0 Å². The van der Waals surface area contributed by atoms with Crippen LogP contribution in [0.25, 0.3) is 10.9 Å². The van der Waals surface area contributed by atoms with Crippen LogP contribution in [0.1, 0.15) is 67.8 Å². The summed E-state index contributed by atoms with van der Waals surface area (Å²) in [5.41, 5.74) is 1.55. The molecule has 2 aliphatic rings. The van der Waals surface area contributed by atoms with Crippen LogP contribution in [0.15, 0.2) is 34.0 Å². The molecule has 0 amide bonds. The Bertz CT molecular complexity index is 1280. The number of nitrogens with zero attached hydrogens (tertiary/aromatic N) is 4. The summed E-state index contributed by atoms with van der Waals surface area (Å²) in [4.78, 5) is 18.6. The number of nitrogens with one attached hydrogen (secondary N) is 1. The van der Waals surface area contributed by atoms with Gasteiger partial charge in [-0.3, -0.25) is 14.5 Å². The van der Waals surface area contributed by atoms with E-state index < -0.39 is 16.1 Å². The molecule has 5 rings (SSSR count). The van der Waals surface area contributed by atoms with Crippen molar-refractivity contribution in [2.24, 2.45) is 0 Å². The predicted molar refractivity (Wildman–Crippen MR) is 117 cm³/mol. The van der Waals surface area contributed by atoms with Gasteiger partial charge in [-0.05, 0) is 51.7 Å². The Hall–Kier alpha value is -2.52. The van der Waals surface area contributed by atoms with Crippen LogP contribution < -0.4 is 5.56 Å². The van der Waals surface area contributed by atoms with Crippen molar-refractivity contribution in [2.45, 2.75) is 69.4 Å². The Labute approximate surface area is 181 Å². The van der Waals surface area contributed by atoms with Crippen LogP contribution in [-0.4, -0.2) is 39.0 Å². The number of H-pyrrole nitrogens is 1. The summed E-state index contributed by atoms with van der Waals surface area (Å²) in [6, 6.07) is 6.96. The maximum absolute atomic E-state index is 13.7. The molecule has 1 aliphatic heterocycles. The topological polar surface area (TPSA) is 101 Å². The van der Waals surface area contributed by atoms with Crippen LogP contribution in [0.4, 0.5) is 0 Å². The molecule has 1 saturated heterocycles. The van der Waals surface area contributed by atoms with Gasteiger partial charge in [0.25, 0.3) is 5.56 Å². The maximum atomic E-state index is 13.7. The molecular weight excluding hydrogens is 414 g/mol. The first-order chi connectivity index (χ1) is 14.9. The third-order valence-electron chi connectivity index (χ3n) is 6.65. The van der Waals surface area contributed by atoms with Gasteiger partial charge in [-0.25, -0.2) is 13.4 Å². The van der Waals surface area contributed by atoms with E-state index in [-0.39, 0.29) is 16.5 Å². The highest BCUT2D eigenvalue weighted by Gasteiger charge is 2.41. The predicted octanol–water partition coefficient (Wildman–Crippen LogP) is 3.38. The molecule has 0 radical (unpaired) electrons. The number of hydrogen-bond acceptors (Lipinski definition) is 5. The number of para-hydroxylation sites is 1. The average molecular weight is 442 g/mol. The first-order valence-corrected chi connectivity index (χ1v) is 12.4. The molecule has 1 aliphatic carbocycles.